The average molecular weight is 340 g/mol. The molecule has 0 unspecified atom stereocenters. The van der Waals surface area contributed by atoms with E-state index in [-0.39, 0.29) is 23.3 Å². The van der Waals surface area contributed by atoms with Gasteiger partial charge in [0.05, 0.1) is 24.5 Å². The molecule has 2 heterocycles. The lowest BCUT2D eigenvalue weighted by molar-refractivity contribution is -0.135. The quantitative estimate of drug-likeness (QED) is 0.528. The van der Waals surface area contributed by atoms with Crippen LogP contribution >= 0.6 is 0 Å². The Morgan fingerprint density at radius 1 is 1.16 bits per heavy atom. The number of halogens is 1. The van der Waals surface area contributed by atoms with Gasteiger partial charge in [-0.1, -0.05) is 18.2 Å². The van der Waals surface area contributed by atoms with Crippen LogP contribution in [-0.4, -0.2) is 13.1 Å². The van der Waals surface area contributed by atoms with E-state index in [9.17, 15) is 14.0 Å². The van der Waals surface area contributed by atoms with Crippen LogP contribution in [0.15, 0.2) is 51.7 Å². The van der Waals surface area contributed by atoms with Crippen LogP contribution in [0.4, 0.5) is 4.39 Å². The molecule has 0 saturated heterocycles. The second kappa shape index (κ2) is 5.73. The fraction of sp³-hybridized carbons (Fsp3) is 0.158. The van der Waals surface area contributed by atoms with E-state index < -0.39 is 23.3 Å². The van der Waals surface area contributed by atoms with Crippen LogP contribution in [-0.2, 0) is 4.79 Å². The number of carbonyl (C=O) groups is 1. The number of fused-ring (bicyclic) bond motifs is 3. The number of para-hydroxylation sites is 1. The molecule has 0 spiro atoms. The summed E-state index contributed by atoms with van der Waals surface area (Å²) in [5.74, 6) is -1.36. The zero-order valence-electron chi connectivity index (χ0n) is 13.2. The van der Waals surface area contributed by atoms with E-state index in [1.54, 1.807) is 30.3 Å². The van der Waals surface area contributed by atoms with E-state index in [1.165, 1.54) is 19.2 Å². The zero-order chi connectivity index (χ0) is 17.6. The maximum Gasteiger partial charge on any atom is 0.343 e. The first kappa shape index (κ1) is 15.4. The van der Waals surface area contributed by atoms with Gasteiger partial charge in [0.2, 0.25) is 0 Å². The topological polar surface area (TPSA) is 65.7 Å². The number of carbonyl (C=O) groups excluding carboxylic acids is 1. The summed E-state index contributed by atoms with van der Waals surface area (Å²) in [7, 11) is 1.43. The van der Waals surface area contributed by atoms with Gasteiger partial charge < -0.3 is 13.9 Å². The molecule has 2 aromatic carbocycles. The molecule has 4 rings (SSSR count). The highest BCUT2D eigenvalue weighted by Crippen LogP contribution is 2.41. The second-order valence-corrected chi connectivity index (χ2v) is 5.75. The van der Waals surface area contributed by atoms with Gasteiger partial charge >= 0.3 is 11.6 Å². The molecular formula is C19H13FO5. The van der Waals surface area contributed by atoms with Gasteiger partial charge in [0.15, 0.2) is 5.75 Å². The number of hydrogen-bond acceptors (Lipinski definition) is 5. The van der Waals surface area contributed by atoms with E-state index in [2.05, 4.69) is 0 Å². The van der Waals surface area contributed by atoms with Gasteiger partial charge in [-0.05, 0) is 23.8 Å². The van der Waals surface area contributed by atoms with E-state index >= 15 is 0 Å². The van der Waals surface area contributed by atoms with Crippen LogP contribution in [0, 0.1) is 5.82 Å². The van der Waals surface area contributed by atoms with Crippen LogP contribution < -0.4 is 15.1 Å². The summed E-state index contributed by atoms with van der Waals surface area (Å²) in [6, 6.07) is 11.1. The van der Waals surface area contributed by atoms with Crippen molar-refractivity contribution in [2.75, 3.05) is 7.11 Å². The van der Waals surface area contributed by atoms with Gasteiger partial charge in [0.25, 0.3) is 0 Å². The molecule has 1 aliphatic heterocycles. The Kier molecular flexibility index (Phi) is 3.53. The molecule has 5 nitrogen and oxygen atoms in total. The molecule has 3 aromatic rings. The summed E-state index contributed by atoms with van der Waals surface area (Å²) in [6.45, 7) is 0. The maximum atomic E-state index is 14.5. The zero-order valence-corrected chi connectivity index (χ0v) is 13.2. The molecule has 0 radical (unpaired) electrons. The number of rotatable bonds is 2. The number of esters is 1. The first-order valence-electron chi connectivity index (χ1n) is 7.68. The van der Waals surface area contributed by atoms with Crippen LogP contribution in [0.3, 0.4) is 0 Å². The first-order valence-corrected chi connectivity index (χ1v) is 7.68. The third-order valence-electron chi connectivity index (χ3n) is 4.32. The molecule has 0 fully saturated rings. The van der Waals surface area contributed by atoms with E-state index in [1.807, 2.05) is 0 Å². The third kappa shape index (κ3) is 2.46. The Morgan fingerprint density at radius 2 is 1.96 bits per heavy atom. The summed E-state index contributed by atoms with van der Waals surface area (Å²) in [5.41, 5.74) is 0.0555. The fourth-order valence-electron chi connectivity index (χ4n) is 3.15. The van der Waals surface area contributed by atoms with Gasteiger partial charge in [0.1, 0.15) is 17.1 Å². The maximum absolute atomic E-state index is 14.5. The van der Waals surface area contributed by atoms with Crippen molar-refractivity contribution in [3.63, 3.8) is 0 Å². The molecule has 0 saturated carbocycles. The molecule has 6 heteroatoms. The standard InChI is InChI=1S/C19H13FO5/c1-23-10-6-7-11(14(20)8-10)13-9-16(21)25-18-12-4-2-3-5-15(12)24-19(22)17(13)18/h2-8,13H,9H2,1H3/t13-/m1/s1. The highest BCUT2D eigenvalue weighted by Gasteiger charge is 2.35. The molecule has 1 aliphatic rings. The van der Waals surface area contributed by atoms with Gasteiger partial charge in [0, 0.05) is 12.0 Å². The molecule has 1 aromatic heterocycles. The monoisotopic (exact) mass is 340 g/mol. The molecule has 25 heavy (non-hydrogen) atoms. The van der Waals surface area contributed by atoms with Crippen LogP contribution in [0.5, 0.6) is 11.5 Å². The van der Waals surface area contributed by atoms with E-state index in [0.717, 1.165) is 0 Å². The minimum atomic E-state index is -0.775. The molecule has 1 atom stereocenters. The Bertz CT molecular complexity index is 1050. The number of methoxy groups -OCH3 is 1. The second-order valence-electron chi connectivity index (χ2n) is 5.75. The summed E-state index contributed by atoms with van der Waals surface area (Å²) in [4.78, 5) is 24.6. The largest absolute Gasteiger partial charge is 0.497 e. The van der Waals surface area contributed by atoms with Crippen LogP contribution in [0.25, 0.3) is 11.0 Å². The Labute approximate surface area is 141 Å². The van der Waals surface area contributed by atoms with Gasteiger partial charge in [-0.2, -0.15) is 0 Å². The van der Waals surface area contributed by atoms with Gasteiger partial charge in [-0.3, -0.25) is 4.79 Å². The number of hydrogen-bond donors (Lipinski definition) is 0. The number of benzene rings is 2. The first-order chi connectivity index (χ1) is 12.1. The van der Waals surface area contributed by atoms with E-state index in [4.69, 9.17) is 13.9 Å². The average Bonchev–Trinajstić information content (AvgIpc) is 2.61. The van der Waals surface area contributed by atoms with Crippen molar-refractivity contribution in [1.82, 2.24) is 0 Å². The molecular weight excluding hydrogens is 327 g/mol. The predicted octanol–water partition coefficient (Wildman–Crippen LogP) is 3.38. The van der Waals surface area contributed by atoms with Crippen molar-refractivity contribution in [2.24, 2.45) is 0 Å². The smallest absolute Gasteiger partial charge is 0.343 e. The van der Waals surface area contributed by atoms with Crippen LogP contribution in [0.1, 0.15) is 23.5 Å². The lowest BCUT2D eigenvalue weighted by Gasteiger charge is -2.24. The summed E-state index contributed by atoms with van der Waals surface area (Å²) >= 11 is 0. The number of ether oxygens (including phenoxy) is 2. The Balaban J connectivity index is 1.98. The Morgan fingerprint density at radius 3 is 2.72 bits per heavy atom. The summed E-state index contributed by atoms with van der Waals surface area (Å²) < 4.78 is 30.2. The van der Waals surface area contributed by atoms with Gasteiger partial charge in [-0.25, -0.2) is 9.18 Å². The SMILES string of the molecule is COc1ccc([C@H]2CC(=O)Oc3c2c(=O)oc2ccccc32)c(F)c1. The predicted molar refractivity (Wildman–Crippen MR) is 87.5 cm³/mol. The highest BCUT2D eigenvalue weighted by atomic mass is 19.1. The normalized spacial score (nSPS) is 16.4. The summed E-state index contributed by atoms with van der Waals surface area (Å²) in [6.07, 6.45) is -0.140. The highest BCUT2D eigenvalue weighted by molar-refractivity contribution is 5.90. The minimum absolute atomic E-state index is 0.140. The lowest BCUT2D eigenvalue weighted by atomic mass is 9.86. The molecule has 126 valence electrons. The summed E-state index contributed by atoms with van der Waals surface area (Å²) in [5, 5.41) is 0.504. The minimum Gasteiger partial charge on any atom is -0.497 e. The molecule has 0 amide bonds. The van der Waals surface area contributed by atoms with Crippen molar-refractivity contribution in [2.45, 2.75) is 12.3 Å². The van der Waals surface area contributed by atoms with Crippen LogP contribution in [0.2, 0.25) is 0 Å². The van der Waals surface area contributed by atoms with Crippen molar-refractivity contribution < 1.29 is 23.1 Å². The Hall–Kier alpha value is -3.15. The lowest BCUT2D eigenvalue weighted by Crippen LogP contribution is -2.27. The van der Waals surface area contributed by atoms with Crippen molar-refractivity contribution in [1.29, 1.82) is 0 Å². The molecule has 0 N–H and O–H groups in total. The van der Waals surface area contributed by atoms with Crippen molar-refractivity contribution in [3.05, 3.63) is 69.8 Å². The van der Waals surface area contributed by atoms with Crippen molar-refractivity contribution in [3.8, 4) is 11.5 Å². The van der Waals surface area contributed by atoms with E-state index in [0.29, 0.717) is 16.7 Å². The molecule has 0 aliphatic carbocycles. The third-order valence-corrected chi connectivity index (χ3v) is 4.32. The van der Waals surface area contributed by atoms with Crippen molar-refractivity contribution >= 4 is 16.9 Å². The van der Waals surface area contributed by atoms with Gasteiger partial charge in [-0.15, -0.1) is 0 Å². The molecule has 0 bridgehead atoms. The fourth-order valence-corrected chi connectivity index (χ4v) is 3.15.